The minimum Gasteiger partial charge on any atom is -0.475 e. The van der Waals surface area contributed by atoms with Crippen LogP contribution in [0.1, 0.15) is 47.2 Å². The van der Waals surface area contributed by atoms with Crippen molar-refractivity contribution in [2.45, 2.75) is 39.8 Å². The molecule has 0 saturated carbocycles. The number of likely N-dealkylation sites (N-methyl/N-ethyl adjacent to an activating group) is 1. The second-order valence-corrected chi connectivity index (χ2v) is 7.29. The number of nitrogens with zero attached hydrogens (tertiary/aromatic N) is 5. The van der Waals surface area contributed by atoms with Crippen LogP contribution in [-0.4, -0.2) is 51.7 Å². The Labute approximate surface area is 171 Å². The topological polar surface area (TPSA) is 70.7 Å². The number of hydrogen-bond donors (Lipinski definition) is 0. The highest BCUT2D eigenvalue weighted by Gasteiger charge is 2.29. The number of ether oxygens (including phenoxy) is 1. The van der Waals surface area contributed by atoms with Gasteiger partial charge in [0.25, 0.3) is 5.91 Å². The lowest BCUT2D eigenvalue weighted by Gasteiger charge is -2.28. The van der Waals surface area contributed by atoms with E-state index < -0.39 is 0 Å². The van der Waals surface area contributed by atoms with Gasteiger partial charge >= 0.3 is 0 Å². The van der Waals surface area contributed by atoms with Gasteiger partial charge in [0.1, 0.15) is 6.61 Å². The predicted molar refractivity (Wildman–Crippen MR) is 110 cm³/mol. The van der Waals surface area contributed by atoms with E-state index in [1.54, 1.807) is 15.8 Å². The average molecular weight is 394 g/mol. The molecular formula is C22H28N5O2+. The van der Waals surface area contributed by atoms with Gasteiger partial charge in [0, 0.05) is 30.6 Å². The van der Waals surface area contributed by atoms with E-state index in [1.807, 2.05) is 71.3 Å². The first-order valence-corrected chi connectivity index (χ1v) is 9.85. The van der Waals surface area contributed by atoms with Gasteiger partial charge in [0.05, 0.1) is 17.3 Å². The molecule has 0 aromatic carbocycles. The number of rotatable bonds is 7. The third-order valence-corrected chi connectivity index (χ3v) is 4.86. The van der Waals surface area contributed by atoms with E-state index in [9.17, 15) is 4.79 Å². The van der Waals surface area contributed by atoms with Gasteiger partial charge < -0.3 is 9.64 Å². The summed E-state index contributed by atoms with van der Waals surface area (Å²) in [7, 11) is 1.87. The molecule has 0 spiro atoms. The zero-order valence-electron chi connectivity index (χ0n) is 17.7. The largest absolute Gasteiger partial charge is 0.475 e. The van der Waals surface area contributed by atoms with E-state index in [4.69, 9.17) is 4.74 Å². The molecule has 2 aromatic heterocycles. The minimum absolute atomic E-state index is 0.0684. The predicted octanol–water partition coefficient (Wildman–Crippen LogP) is 3.69. The second-order valence-electron chi connectivity index (χ2n) is 7.29. The summed E-state index contributed by atoms with van der Waals surface area (Å²) in [5, 5.41) is 4.51. The molecule has 7 nitrogen and oxygen atoms in total. The van der Waals surface area contributed by atoms with Gasteiger partial charge in [0.15, 0.2) is 19.3 Å². The van der Waals surface area contributed by atoms with Crippen LogP contribution in [0, 0.1) is 13.8 Å². The Morgan fingerprint density at radius 3 is 2.69 bits per heavy atom. The van der Waals surface area contributed by atoms with Crippen LogP contribution in [0.4, 0.5) is 0 Å². The normalized spacial score (nSPS) is 16.4. The van der Waals surface area contributed by atoms with Crippen molar-refractivity contribution in [2.24, 2.45) is 5.11 Å². The monoisotopic (exact) mass is 394 g/mol. The summed E-state index contributed by atoms with van der Waals surface area (Å²) >= 11 is 0. The Bertz CT molecular complexity index is 937. The number of carbonyl (C=O) groups excluding carboxylic acids is 1. The van der Waals surface area contributed by atoms with Crippen LogP contribution in [0.15, 0.2) is 47.9 Å². The molecule has 0 bridgehead atoms. The molecular weight excluding hydrogens is 366 g/mol. The number of azo groups is 2. The Balaban J connectivity index is 1.78. The average Bonchev–Trinajstić information content (AvgIpc) is 3.14. The molecule has 29 heavy (non-hydrogen) atoms. The molecule has 152 valence electrons. The summed E-state index contributed by atoms with van der Waals surface area (Å²) in [5.41, 5.74) is 3.19. The lowest BCUT2D eigenvalue weighted by molar-refractivity contribution is -0.493. The Hall–Kier alpha value is -3.09. The van der Waals surface area contributed by atoms with Gasteiger partial charge in [-0.15, -0.1) is 0 Å². The summed E-state index contributed by atoms with van der Waals surface area (Å²) in [6, 6.07) is 7.13. The molecule has 7 heteroatoms. The fraction of sp³-hybridized carbons (Fsp3) is 0.409. The number of carbonyl (C=O) groups is 1. The highest BCUT2D eigenvalue weighted by atomic mass is 16.5. The van der Waals surface area contributed by atoms with Gasteiger partial charge in [-0.25, -0.2) is 4.98 Å². The van der Waals surface area contributed by atoms with Crippen molar-refractivity contribution in [3.05, 3.63) is 65.3 Å². The van der Waals surface area contributed by atoms with Crippen molar-refractivity contribution in [1.29, 1.82) is 0 Å². The fourth-order valence-corrected chi connectivity index (χ4v) is 3.25. The van der Waals surface area contributed by atoms with Crippen LogP contribution in [0.5, 0.6) is 5.88 Å². The van der Waals surface area contributed by atoms with Crippen LogP contribution in [-0.2, 0) is 0 Å². The van der Waals surface area contributed by atoms with Crippen molar-refractivity contribution in [3.63, 3.8) is 0 Å². The second kappa shape index (κ2) is 8.94. The Kier molecular flexibility index (Phi) is 6.36. The van der Waals surface area contributed by atoms with Crippen molar-refractivity contribution >= 4 is 5.91 Å². The molecule has 1 aliphatic heterocycles. The number of aryl methyl sites for hydroxylation is 2. The minimum atomic E-state index is -0.249. The van der Waals surface area contributed by atoms with Crippen LogP contribution in [0.2, 0.25) is 0 Å². The molecule has 0 N–H and O–H groups in total. The molecule has 1 aliphatic rings. The van der Waals surface area contributed by atoms with Crippen LogP contribution >= 0.6 is 0 Å². The van der Waals surface area contributed by atoms with Crippen molar-refractivity contribution in [3.8, 4) is 5.88 Å². The number of aromatic nitrogens is 2. The smallest absolute Gasteiger partial charge is 0.256 e. The number of pyridine rings is 2. The summed E-state index contributed by atoms with van der Waals surface area (Å²) in [6.07, 6.45) is 5.60. The number of hydrogen-bond acceptors (Lipinski definition) is 5. The molecule has 2 atom stereocenters. The SMILES string of the molecule is CCN(C(=O)c1ccc(C)nc1C1C=C[N+](C)=N1)[C@@H](C)COc1ccc(C)cn1. The maximum atomic E-state index is 13.4. The summed E-state index contributed by atoms with van der Waals surface area (Å²) in [5.74, 6) is 0.489. The summed E-state index contributed by atoms with van der Waals surface area (Å²) < 4.78 is 7.54. The first-order chi connectivity index (χ1) is 13.9. The van der Waals surface area contributed by atoms with E-state index in [2.05, 4.69) is 15.1 Å². The van der Waals surface area contributed by atoms with E-state index in [1.165, 1.54) is 0 Å². The quantitative estimate of drug-likeness (QED) is 0.672. The van der Waals surface area contributed by atoms with E-state index >= 15 is 0 Å². The van der Waals surface area contributed by atoms with E-state index in [-0.39, 0.29) is 18.0 Å². The molecule has 3 rings (SSSR count). The third-order valence-electron chi connectivity index (χ3n) is 4.86. The lowest BCUT2D eigenvalue weighted by Crippen LogP contribution is -2.42. The van der Waals surface area contributed by atoms with Crippen LogP contribution < -0.4 is 4.74 Å². The Morgan fingerprint density at radius 1 is 1.28 bits per heavy atom. The first-order valence-electron chi connectivity index (χ1n) is 9.85. The molecule has 0 radical (unpaired) electrons. The Morgan fingerprint density at radius 2 is 2.07 bits per heavy atom. The zero-order valence-corrected chi connectivity index (χ0v) is 17.7. The van der Waals surface area contributed by atoms with Gasteiger partial charge in [-0.1, -0.05) is 10.8 Å². The van der Waals surface area contributed by atoms with Crippen molar-refractivity contribution < 1.29 is 14.2 Å². The molecule has 1 unspecified atom stereocenters. The maximum absolute atomic E-state index is 13.4. The zero-order chi connectivity index (χ0) is 21.0. The maximum Gasteiger partial charge on any atom is 0.256 e. The van der Waals surface area contributed by atoms with Crippen molar-refractivity contribution in [1.82, 2.24) is 14.9 Å². The molecule has 2 aromatic rings. The third kappa shape index (κ3) is 4.85. The fourth-order valence-electron chi connectivity index (χ4n) is 3.25. The van der Waals surface area contributed by atoms with Gasteiger partial charge in [-0.3, -0.25) is 9.78 Å². The first kappa shape index (κ1) is 20.6. The highest BCUT2D eigenvalue weighted by Crippen LogP contribution is 2.26. The van der Waals surface area contributed by atoms with Crippen LogP contribution in [0.25, 0.3) is 0 Å². The van der Waals surface area contributed by atoms with Gasteiger partial charge in [-0.2, -0.15) is 0 Å². The van der Waals surface area contributed by atoms with Gasteiger partial charge in [0.2, 0.25) is 5.88 Å². The standard InChI is InChI=1S/C22H28N5O2/c1-6-27(17(4)14-29-20-10-7-15(2)13-23-20)22(28)18-9-8-16(3)24-21(18)19-11-12-26(5)25-19/h7-13,17,19H,6,14H2,1-5H3/q+1/t17-,19?/m0/s1. The molecule has 3 heterocycles. The van der Waals surface area contributed by atoms with Crippen LogP contribution in [0.3, 0.4) is 0 Å². The molecule has 1 amide bonds. The van der Waals surface area contributed by atoms with Gasteiger partial charge in [-0.05, 0) is 50.5 Å². The van der Waals surface area contributed by atoms with E-state index in [0.717, 1.165) is 11.3 Å². The molecule has 0 saturated heterocycles. The molecule has 0 aliphatic carbocycles. The van der Waals surface area contributed by atoms with Crippen molar-refractivity contribution in [2.75, 3.05) is 20.2 Å². The molecule has 0 fully saturated rings. The highest BCUT2D eigenvalue weighted by molar-refractivity contribution is 5.95. The lowest BCUT2D eigenvalue weighted by atomic mass is 10.0. The summed E-state index contributed by atoms with van der Waals surface area (Å²) in [6.45, 7) is 8.77. The van der Waals surface area contributed by atoms with E-state index in [0.29, 0.717) is 30.3 Å². The number of amides is 1. The summed E-state index contributed by atoms with van der Waals surface area (Å²) in [4.78, 5) is 24.1.